The fraction of sp³-hybridized carbons (Fsp3) is 0.103. The van der Waals surface area contributed by atoms with Gasteiger partial charge in [-0.25, -0.2) is 0 Å². The molecular formula is C29H19NO2Se. The number of rotatable bonds is 2. The molecule has 4 heteroatoms. The summed E-state index contributed by atoms with van der Waals surface area (Å²) in [6.07, 6.45) is 6.77. The Morgan fingerprint density at radius 1 is 0.818 bits per heavy atom. The standard InChI is InChI=1S/C29H19NO2Se/c31-28-21-7-3-4-8-22(21)29(32)24(28)12-17-9-10-20(11-17)30-15-25-23-13-18-5-1-2-6-19(18)14-26(23)33-27(25)16-30/h1-10,12-14H,11,15-16H2. The summed E-state index contributed by atoms with van der Waals surface area (Å²) in [6.45, 7) is 1.92. The minimum absolute atomic E-state index is 0.154. The van der Waals surface area contributed by atoms with E-state index >= 15 is 0 Å². The minimum atomic E-state index is -0.154. The Kier molecular flexibility index (Phi) is 4.05. The molecule has 0 radical (unpaired) electrons. The summed E-state index contributed by atoms with van der Waals surface area (Å²) in [5, 5.41) is 4.07. The molecule has 7 rings (SSSR count). The van der Waals surface area contributed by atoms with Gasteiger partial charge in [0, 0.05) is 0 Å². The molecule has 3 aliphatic rings. The second kappa shape index (κ2) is 7.02. The third kappa shape index (κ3) is 2.88. The van der Waals surface area contributed by atoms with E-state index in [4.69, 9.17) is 0 Å². The van der Waals surface area contributed by atoms with Crippen LogP contribution < -0.4 is 0 Å². The molecule has 0 atom stereocenters. The molecule has 0 N–H and O–H groups in total. The van der Waals surface area contributed by atoms with Crippen LogP contribution in [0.1, 0.15) is 37.1 Å². The van der Waals surface area contributed by atoms with E-state index in [0.717, 1.165) is 25.1 Å². The molecule has 158 valence electrons. The molecule has 0 saturated heterocycles. The van der Waals surface area contributed by atoms with E-state index in [0.29, 0.717) is 31.2 Å². The van der Waals surface area contributed by atoms with Crippen LogP contribution in [0.15, 0.2) is 95.7 Å². The van der Waals surface area contributed by atoms with Crippen molar-refractivity contribution in [1.82, 2.24) is 4.90 Å². The molecule has 3 nitrogen and oxygen atoms in total. The summed E-state index contributed by atoms with van der Waals surface area (Å²) >= 11 is 0.384. The first kappa shape index (κ1) is 19.0. The zero-order chi connectivity index (χ0) is 22.1. The molecule has 4 aromatic rings. The number of fused-ring (bicyclic) bond motifs is 5. The van der Waals surface area contributed by atoms with Gasteiger partial charge in [0.1, 0.15) is 0 Å². The van der Waals surface area contributed by atoms with Crippen LogP contribution in [0.4, 0.5) is 0 Å². The number of ketones is 2. The Balaban J connectivity index is 1.12. The van der Waals surface area contributed by atoms with Gasteiger partial charge in [0.05, 0.1) is 0 Å². The molecular weight excluding hydrogens is 473 g/mol. The summed E-state index contributed by atoms with van der Waals surface area (Å²) in [5.41, 5.74) is 5.13. The first-order chi connectivity index (χ1) is 16.2. The number of allylic oxidation sites excluding steroid dienone is 5. The van der Waals surface area contributed by atoms with Crippen molar-refractivity contribution in [3.63, 3.8) is 0 Å². The van der Waals surface area contributed by atoms with Gasteiger partial charge in [-0.15, -0.1) is 0 Å². The van der Waals surface area contributed by atoms with Gasteiger partial charge < -0.3 is 0 Å². The molecule has 0 amide bonds. The molecule has 0 unspecified atom stereocenters. The van der Waals surface area contributed by atoms with Gasteiger partial charge in [0.2, 0.25) is 0 Å². The van der Waals surface area contributed by atoms with Gasteiger partial charge in [-0.3, -0.25) is 0 Å². The van der Waals surface area contributed by atoms with Crippen molar-refractivity contribution in [3.8, 4) is 0 Å². The van der Waals surface area contributed by atoms with Crippen LogP contribution in [-0.2, 0) is 13.1 Å². The zero-order valence-electron chi connectivity index (χ0n) is 17.8. The number of carbonyl (C=O) groups excluding carboxylic acids is 2. The third-order valence-corrected chi connectivity index (χ3v) is 9.42. The van der Waals surface area contributed by atoms with Crippen LogP contribution >= 0.6 is 0 Å². The molecule has 0 saturated carbocycles. The van der Waals surface area contributed by atoms with Gasteiger partial charge in [-0.1, -0.05) is 0 Å². The molecule has 1 aliphatic heterocycles. The van der Waals surface area contributed by atoms with E-state index in [9.17, 15) is 9.59 Å². The summed E-state index contributed by atoms with van der Waals surface area (Å²) < 4.78 is 3.09. The SMILES string of the molecule is O=C1C(=CC2=CC=C(N3Cc4[se]c5cc6ccccc6cc5c4C3)C2)C(=O)c2ccccc21. The van der Waals surface area contributed by atoms with Crippen molar-refractivity contribution in [2.75, 3.05) is 0 Å². The Morgan fingerprint density at radius 3 is 2.27 bits per heavy atom. The predicted molar refractivity (Wildman–Crippen MR) is 132 cm³/mol. The average molecular weight is 492 g/mol. The molecule has 0 fully saturated rings. The van der Waals surface area contributed by atoms with Crippen molar-refractivity contribution in [3.05, 3.63) is 117 Å². The Labute approximate surface area is 197 Å². The number of hydrogen-bond donors (Lipinski definition) is 0. The predicted octanol–water partition coefficient (Wildman–Crippen LogP) is 5.59. The summed E-state index contributed by atoms with van der Waals surface area (Å²) in [6, 6.07) is 20.4. The quantitative estimate of drug-likeness (QED) is 0.208. The Morgan fingerprint density at radius 2 is 1.52 bits per heavy atom. The second-order valence-corrected chi connectivity index (χ2v) is 11.3. The van der Waals surface area contributed by atoms with E-state index in [1.54, 1.807) is 22.6 Å². The van der Waals surface area contributed by atoms with Gasteiger partial charge in [-0.05, 0) is 0 Å². The van der Waals surface area contributed by atoms with E-state index in [-0.39, 0.29) is 11.6 Å². The summed E-state index contributed by atoms with van der Waals surface area (Å²) in [7, 11) is 0. The second-order valence-electron chi connectivity index (χ2n) is 8.89. The summed E-state index contributed by atoms with van der Waals surface area (Å²) in [4.78, 5) is 27.9. The fourth-order valence-electron chi connectivity index (χ4n) is 5.24. The summed E-state index contributed by atoms with van der Waals surface area (Å²) in [5.74, 6) is -0.309. The topological polar surface area (TPSA) is 37.4 Å². The number of carbonyl (C=O) groups is 2. The van der Waals surface area contributed by atoms with Crippen LogP contribution in [0.5, 0.6) is 0 Å². The third-order valence-electron chi connectivity index (χ3n) is 6.94. The number of benzene rings is 3. The zero-order valence-corrected chi connectivity index (χ0v) is 19.5. The fourth-order valence-corrected chi connectivity index (χ4v) is 7.89. The number of nitrogens with zero attached hydrogens (tertiary/aromatic N) is 1. The molecule has 3 aromatic carbocycles. The molecule has 33 heavy (non-hydrogen) atoms. The Hall–Kier alpha value is -3.46. The van der Waals surface area contributed by atoms with Gasteiger partial charge in [0.15, 0.2) is 0 Å². The molecule has 2 aliphatic carbocycles. The first-order valence-electron chi connectivity index (χ1n) is 11.1. The normalized spacial score (nSPS) is 17.1. The average Bonchev–Trinajstić information content (AvgIpc) is 3.58. The molecule has 2 heterocycles. The van der Waals surface area contributed by atoms with Crippen LogP contribution in [0.3, 0.4) is 0 Å². The van der Waals surface area contributed by atoms with Crippen molar-refractivity contribution in [1.29, 1.82) is 0 Å². The Bertz CT molecular complexity index is 1600. The van der Waals surface area contributed by atoms with E-state index in [1.165, 1.54) is 31.7 Å². The van der Waals surface area contributed by atoms with Crippen LogP contribution in [0, 0.1) is 0 Å². The molecule has 1 aromatic heterocycles. The van der Waals surface area contributed by atoms with Crippen molar-refractivity contribution < 1.29 is 9.59 Å². The number of hydrogen-bond acceptors (Lipinski definition) is 3. The van der Waals surface area contributed by atoms with Crippen LogP contribution in [0.25, 0.3) is 20.4 Å². The monoisotopic (exact) mass is 493 g/mol. The van der Waals surface area contributed by atoms with Crippen LogP contribution in [-0.4, -0.2) is 31.0 Å². The van der Waals surface area contributed by atoms with E-state index in [2.05, 4.69) is 53.5 Å². The maximum absolute atomic E-state index is 12.7. The molecule has 0 bridgehead atoms. The van der Waals surface area contributed by atoms with Crippen molar-refractivity contribution in [2.24, 2.45) is 0 Å². The first-order valence-corrected chi connectivity index (χ1v) is 12.8. The van der Waals surface area contributed by atoms with Gasteiger partial charge in [-0.2, -0.15) is 0 Å². The molecule has 0 spiro atoms. The van der Waals surface area contributed by atoms with E-state index in [1.807, 2.05) is 12.1 Å². The van der Waals surface area contributed by atoms with Crippen LogP contribution in [0.2, 0.25) is 0 Å². The maximum atomic E-state index is 12.7. The number of Topliss-reactive ketones (excluding diaryl/α,β-unsaturated/α-hetero) is 2. The van der Waals surface area contributed by atoms with Gasteiger partial charge in [0.25, 0.3) is 0 Å². The van der Waals surface area contributed by atoms with Gasteiger partial charge >= 0.3 is 197 Å². The van der Waals surface area contributed by atoms with E-state index < -0.39 is 0 Å². The van der Waals surface area contributed by atoms with Crippen molar-refractivity contribution in [2.45, 2.75) is 19.5 Å². The van der Waals surface area contributed by atoms with Crippen molar-refractivity contribution >= 4 is 46.5 Å².